The van der Waals surface area contributed by atoms with Crippen molar-refractivity contribution in [3.05, 3.63) is 40.4 Å². The van der Waals surface area contributed by atoms with Crippen LogP contribution in [-0.2, 0) is 11.8 Å². The number of hydrogen-bond donors (Lipinski definition) is 2. The van der Waals surface area contributed by atoms with Crippen LogP contribution in [0.3, 0.4) is 0 Å². The molecule has 2 N–H and O–H groups in total. The average molecular weight is 311 g/mol. The molecule has 112 valence electrons. The predicted molar refractivity (Wildman–Crippen MR) is 81.2 cm³/mol. The molecule has 2 rings (SSSR count). The molecule has 1 amide bonds. The number of nitrogens with one attached hydrogen (secondary N) is 2. The Morgan fingerprint density at radius 1 is 1.43 bits per heavy atom. The van der Waals surface area contributed by atoms with Gasteiger partial charge in [-0.05, 0) is 26.0 Å². The molecule has 0 unspecified atom stereocenters. The van der Waals surface area contributed by atoms with E-state index in [4.69, 9.17) is 11.6 Å². The molecule has 0 fully saturated rings. The number of benzene rings is 1. The van der Waals surface area contributed by atoms with Gasteiger partial charge in [0, 0.05) is 7.05 Å². The number of carbonyl (C=O) groups excluding carboxylic acids is 1. The summed E-state index contributed by atoms with van der Waals surface area (Å²) in [5, 5.41) is 9.71. The zero-order chi connectivity index (χ0) is 15.6. The highest BCUT2D eigenvalue weighted by molar-refractivity contribution is 6.31. The van der Waals surface area contributed by atoms with Crippen molar-refractivity contribution < 1.29 is 9.18 Å². The monoisotopic (exact) mass is 310 g/mol. The first kappa shape index (κ1) is 15.3. The highest BCUT2D eigenvalue weighted by Crippen LogP contribution is 2.22. The van der Waals surface area contributed by atoms with Crippen LogP contribution in [0.1, 0.15) is 11.4 Å². The fraction of sp³-hybridized carbons (Fsp3) is 0.286. The molecule has 0 atom stereocenters. The second-order valence-corrected chi connectivity index (χ2v) is 5.08. The van der Waals surface area contributed by atoms with E-state index >= 15 is 0 Å². The third-order valence-electron chi connectivity index (χ3n) is 3.16. The van der Waals surface area contributed by atoms with Gasteiger partial charge in [-0.1, -0.05) is 17.7 Å². The fourth-order valence-electron chi connectivity index (χ4n) is 1.95. The second-order valence-electron chi connectivity index (χ2n) is 4.67. The van der Waals surface area contributed by atoms with E-state index in [9.17, 15) is 9.18 Å². The molecule has 7 heteroatoms. The van der Waals surface area contributed by atoms with Crippen molar-refractivity contribution in [1.29, 1.82) is 0 Å². The Balaban J connectivity index is 2.01. The van der Waals surface area contributed by atoms with Crippen molar-refractivity contribution in [3.63, 3.8) is 0 Å². The van der Waals surface area contributed by atoms with Gasteiger partial charge in [-0.25, -0.2) is 4.39 Å². The van der Waals surface area contributed by atoms with Gasteiger partial charge >= 0.3 is 0 Å². The molecule has 1 heterocycles. The molecule has 0 radical (unpaired) electrons. The largest absolute Gasteiger partial charge is 0.374 e. The Bertz CT molecular complexity index is 684. The van der Waals surface area contributed by atoms with Crippen LogP contribution >= 0.6 is 11.6 Å². The summed E-state index contributed by atoms with van der Waals surface area (Å²) in [5.74, 6) is -0.853. The number of halogens is 2. The van der Waals surface area contributed by atoms with Gasteiger partial charge in [0.2, 0.25) is 5.91 Å². The third-order valence-corrected chi connectivity index (χ3v) is 3.46. The lowest BCUT2D eigenvalue weighted by atomic mass is 10.3. The van der Waals surface area contributed by atoms with Gasteiger partial charge < -0.3 is 10.6 Å². The van der Waals surface area contributed by atoms with E-state index < -0.39 is 5.82 Å². The van der Waals surface area contributed by atoms with Gasteiger partial charge in [-0.2, -0.15) is 5.10 Å². The number of rotatable bonds is 4. The van der Waals surface area contributed by atoms with Crippen LogP contribution in [0.4, 0.5) is 15.8 Å². The number of carbonyl (C=O) groups is 1. The SMILES string of the molecule is Cc1nn(C)c(C)c1NC(=O)CNc1cccc(Cl)c1F. The molecule has 0 saturated carbocycles. The molecular weight excluding hydrogens is 295 g/mol. The van der Waals surface area contributed by atoms with Crippen LogP contribution in [0.5, 0.6) is 0 Å². The topological polar surface area (TPSA) is 59.0 Å². The van der Waals surface area contributed by atoms with Gasteiger partial charge in [0.25, 0.3) is 0 Å². The maximum Gasteiger partial charge on any atom is 0.243 e. The van der Waals surface area contributed by atoms with E-state index in [2.05, 4.69) is 15.7 Å². The molecule has 0 bridgehead atoms. The predicted octanol–water partition coefficient (Wildman–Crippen LogP) is 2.88. The zero-order valence-corrected chi connectivity index (χ0v) is 12.8. The van der Waals surface area contributed by atoms with E-state index in [1.807, 2.05) is 13.8 Å². The standard InChI is InChI=1S/C14H16ClFN4O/c1-8-14(9(2)20(3)19-8)18-12(21)7-17-11-6-4-5-10(15)13(11)16/h4-6,17H,7H2,1-3H3,(H,18,21). The Kier molecular flexibility index (Phi) is 4.47. The van der Waals surface area contributed by atoms with Crippen molar-refractivity contribution in [2.24, 2.45) is 7.05 Å². The quantitative estimate of drug-likeness (QED) is 0.913. The summed E-state index contributed by atoms with van der Waals surface area (Å²) >= 11 is 5.68. The van der Waals surface area contributed by atoms with Crippen LogP contribution in [-0.4, -0.2) is 22.2 Å². The van der Waals surface area contributed by atoms with Gasteiger partial charge in [-0.3, -0.25) is 9.48 Å². The Hall–Kier alpha value is -2.08. The minimum Gasteiger partial charge on any atom is -0.374 e. The molecule has 2 aromatic rings. The molecule has 1 aromatic heterocycles. The first-order valence-electron chi connectivity index (χ1n) is 6.38. The average Bonchev–Trinajstić information content (AvgIpc) is 2.67. The minimum absolute atomic E-state index is 0.0133. The minimum atomic E-state index is -0.569. The van der Waals surface area contributed by atoms with Crippen LogP contribution in [0, 0.1) is 19.7 Å². The lowest BCUT2D eigenvalue weighted by Crippen LogP contribution is -2.22. The third kappa shape index (κ3) is 3.33. The molecule has 0 aliphatic carbocycles. The highest BCUT2D eigenvalue weighted by Gasteiger charge is 2.13. The molecule has 0 aliphatic rings. The summed E-state index contributed by atoms with van der Waals surface area (Å²) in [7, 11) is 1.80. The van der Waals surface area contributed by atoms with Crippen LogP contribution in [0.15, 0.2) is 18.2 Å². The maximum absolute atomic E-state index is 13.7. The van der Waals surface area contributed by atoms with Crippen molar-refractivity contribution in [1.82, 2.24) is 9.78 Å². The number of aromatic nitrogens is 2. The van der Waals surface area contributed by atoms with Crippen LogP contribution in [0.25, 0.3) is 0 Å². The summed E-state index contributed by atoms with van der Waals surface area (Å²) in [6.45, 7) is 3.61. The number of amides is 1. The smallest absolute Gasteiger partial charge is 0.243 e. The zero-order valence-electron chi connectivity index (χ0n) is 12.0. The summed E-state index contributed by atoms with van der Waals surface area (Å²) in [4.78, 5) is 11.9. The van der Waals surface area contributed by atoms with Crippen LogP contribution < -0.4 is 10.6 Å². The summed E-state index contributed by atoms with van der Waals surface area (Å²) in [6, 6.07) is 4.58. The summed E-state index contributed by atoms with van der Waals surface area (Å²) in [5.41, 5.74) is 2.46. The number of hydrogen-bond acceptors (Lipinski definition) is 3. The van der Waals surface area contributed by atoms with Crippen molar-refractivity contribution >= 4 is 28.9 Å². The van der Waals surface area contributed by atoms with E-state index in [0.717, 1.165) is 11.4 Å². The first-order chi connectivity index (χ1) is 9.90. The van der Waals surface area contributed by atoms with Gasteiger partial charge in [0.05, 0.1) is 34.3 Å². The van der Waals surface area contributed by atoms with Gasteiger partial charge in [0.1, 0.15) is 0 Å². The fourth-order valence-corrected chi connectivity index (χ4v) is 2.13. The first-order valence-corrected chi connectivity index (χ1v) is 6.76. The molecule has 5 nitrogen and oxygen atoms in total. The van der Waals surface area contributed by atoms with E-state index in [-0.39, 0.29) is 23.2 Å². The molecule has 21 heavy (non-hydrogen) atoms. The summed E-state index contributed by atoms with van der Waals surface area (Å²) < 4.78 is 15.4. The van der Waals surface area contributed by atoms with Crippen molar-refractivity contribution in [3.8, 4) is 0 Å². The van der Waals surface area contributed by atoms with E-state index in [1.165, 1.54) is 12.1 Å². The second kappa shape index (κ2) is 6.13. The summed E-state index contributed by atoms with van der Waals surface area (Å²) in [6.07, 6.45) is 0. The normalized spacial score (nSPS) is 10.5. The molecule has 0 saturated heterocycles. The van der Waals surface area contributed by atoms with Crippen molar-refractivity contribution in [2.75, 3.05) is 17.2 Å². The van der Waals surface area contributed by atoms with Gasteiger partial charge in [-0.15, -0.1) is 0 Å². The van der Waals surface area contributed by atoms with Gasteiger partial charge in [0.15, 0.2) is 5.82 Å². The number of aryl methyl sites for hydroxylation is 2. The molecule has 0 aliphatic heterocycles. The highest BCUT2D eigenvalue weighted by atomic mass is 35.5. The van der Waals surface area contributed by atoms with Crippen molar-refractivity contribution in [2.45, 2.75) is 13.8 Å². The molecule has 1 aromatic carbocycles. The Morgan fingerprint density at radius 2 is 2.14 bits per heavy atom. The molecular formula is C14H16ClFN4O. The lowest BCUT2D eigenvalue weighted by molar-refractivity contribution is -0.114. The van der Waals surface area contributed by atoms with E-state index in [1.54, 1.807) is 17.8 Å². The van der Waals surface area contributed by atoms with E-state index in [0.29, 0.717) is 5.69 Å². The van der Waals surface area contributed by atoms with Crippen LogP contribution in [0.2, 0.25) is 5.02 Å². The number of nitrogens with zero attached hydrogens (tertiary/aromatic N) is 2. The Labute approximate surface area is 127 Å². The molecule has 0 spiro atoms. The number of anilines is 2. The maximum atomic E-state index is 13.7. The lowest BCUT2D eigenvalue weighted by Gasteiger charge is -2.09. The Morgan fingerprint density at radius 3 is 2.76 bits per heavy atom.